The Balaban J connectivity index is 1.32. The molecule has 1 aromatic heterocycles. The average molecular weight is 518 g/mol. The van der Waals surface area contributed by atoms with Crippen LogP contribution < -0.4 is 20.7 Å². The van der Waals surface area contributed by atoms with Crippen LogP contribution in [0.15, 0.2) is 66.1 Å². The van der Waals surface area contributed by atoms with Crippen LogP contribution in [-0.4, -0.2) is 33.8 Å². The lowest BCUT2D eigenvalue weighted by Crippen LogP contribution is -2.49. The first-order valence-electron chi connectivity index (χ1n) is 10.8. The molecule has 0 saturated heterocycles. The average Bonchev–Trinajstić information content (AvgIpc) is 3.64. The Labute approximate surface area is 209 Å². The van der Waals surface area contributed by atoms with Gasteiger partial charge in [0.15, 0.2) is 5.75 Å². The fraction of sp³-hybridized carbons (Fsp3) is 0.250. The zero-order valence-electron chi connectivity index (χ0n) is 19.1. The summed E-state index contributed by atoms with van der Waals surface area (Å²) in [5.41, 5.74) is -0.614. The molecular formula is C24H22F3N5O3S. The molecule has 1 aliphatic carbocycles. The maximum atomic E-state index is 13.5. The number of benzene rings is 2. The summed E-state index contributed by atoms with van der Waals surface area (Å²) in [6.45, 7) is 0.181. The summed E-state index contributed by atoms with van der Waals surface area (Å²) in [4.78, 5) is 32.8. The normalized spacial score (nSPS) is 14.0. The topological polar surface area (TPSA) is 105 Å². The highest BCUT2D eigenvalue weighted by Gasteiger charge is 2.51. The summed E-state index contributed by atoms with van der Waals surface area (Å²) in [6.07, 6.45) is 1.34. The molecule has 4 rings (SSSR count). The third kappa shape index (κ3) is 6.25. The van der Waals surface area contributed by atoms with E-state index in [1.54, 1.807) is 36.6 Å². The van der Waals surface area contributed by atoms with E-state index < -0.39 is 23.4 Å². The number of alkyl halides is 3. The van der Waals surface area contributed by atoms with E-state index in [4.69, 9.17) is 4.74 Å². The summed E-state index contributed by atoms with van der Waals surface area (Å²) >= 11 is 1.24. The molecule has 1 aliphatic rings. The second kappa shape index (κ2) is 10.4. The van der Waals surface area contributed by atoms with Gasteiger partial charge in [-0.25, -0.2) is 14.8 Å². The molecule has 188 valence electrons. The Morgan fingerprint density at radius 1 is 1.08 bits per heavy atom. The van der Waals surface area contributed by atoms with Gasteiger partial charge in [-0.2, -0.15) is 13.2 Å². The number of halogens is 3. The van der Waals surface area contributed by atoms with Crippen LogP contribution in [0.2, 0.25) is 0 Å². The maximum Gasteiger partial charge on any atom is 0.418 e. The van der Waals surface area contributed by atoms with Gasteiger partial charge >= 0.3 is 12.3 Å². The SMILES string of the molecule is CSc1ccc(Nc2ccc(CNC(=O)C3(NC(=O)Oc4cncnc4)CC3)cc2)c(C(F)(F)F)c1. The van der Waals surface area contributed by atoms with E-state index in [1.165, 1.54) is 36.5 Å². The van der Waals surface area contributed by atoms with Crippen molar-refractivity contribution in [2.45, 2.75) is 36.0 Å². The van der Waals surface area contributed by atoms with Gasteiger partial charge in [-0.15, -0.1) is 11.8 Å². The first-order valence-corrected chi connectivity index (χ1v) is 12.1. The molecule has 0 bridgehead atoms. The zero-order chi connectivity index (χ0) is 25.8. The number of ether oxygens (including phenoxy) is 1. The Morgan fingerprint density at radius 3 is 2.39 bits per heavy atom. The molecule has 0 spiro atoms. The number of rotatable bonds is 8. The van der Waals surface area contributed by atoms with Crippen LogP contribution in [0.5, 0.6) is 5.75 Å². The van der Waals surface area contributed by atoms with Crippen LogP contribution in [0.25, 0.3) is 0 Å². The van der Waals surface area contributed by atoms with E-state index in [-0.39, 0.29) is 23.9 Å². The molecule has 0 unspecified atom stereocenters. The minimum atomic E-state index is -4.49. The van der Waals surface area contributed by atoms with Crippen molar-refractivity contribution in [1.82, 2.24) is 20.6 Å². The van der Waals surface area contributed by atoms with Gasteiger partial charge in [-0.05, 0) is 55.0 Å². The second-order valence-corrected chi connectivity index (χ2v) is 8.96. The van der Waals surface area contributed by atoms with Gasteiger partial charge in [0.05, 0.1) is 23.6 Å². The standard InChI is InChI=1S/C24H22F3N5O3S/c1-36-18-6-7-20(19(10-18)24(25,26)27)31-16-4-2-15(3-5-16)11-30-21(33)23(8-9-23)32-22(34)35-17-12-28-14-29-13-17/h2-7,10,12-14,31H,8-9,11H2,1H3,(H,30,33)(H,32,34). The molecule has 2 amide bonds. The van der Waals surface area contributed by atoms with Crippen molar-refractivity contribution in [2.24, 2.45) is 0 Å². The lowest BCUT2D eigenvalue weighted by molar-refractivity contribution is -0.137. The first-order chi connectivity index (χ1) is 17.2. The molecule has 36 heavy (non-hydrogen) atoms. The van der Waals surface area contributed by atoms with Gasteiger partial charge in [-0.1, -0.05) is 12.1 Å². The summed E-state index contributed by atoms with van der Waals surface area (Å²) < 4.78 is 45.5. The van der Waals surface area contributed by atoms with Crippen molar-refractivity contribution < 1.29 is 27.5 Å². The van der Waals surface area contributed by atoms with Crippen molar-refractivity contribution in [3.8, 4) is 5.75 Å². The fourth-order valence-electron chi connectivity index (χ4n) is 3.41. The molecule has 3 aromatic rings. The Bertz CT molecular complexity index is 1240. The zero-order valence-corrected chi connectivity index (χ0v) is 19.9. The highest BCUT2D eigenvalue weighted by molar-refractivity contribution is 7.98. The minimum Gasteiger partial charge on any atom is -0.407 e. The highest BCUT2D eigenvalue weighted by atomic mass is 32.2. The monoisotopic (exact) mass is 517 g/mol. The highest BCUT2D eigenvalue weighted by Crippen LogP contribution is 2.38. The predicted molar refractivity (Wildman–Crippen MR) is 128 cm³/mol. The van der Waals surface area contributed by atoms with Crippen molar-refractivity contribution in [3.63, 3.8) is 0 Å². The third-order valence-electron chi connectivity index (χ3n) is 5.49. The lowest BCUT2D eigenvalue weighted by atomic mass is 10.1. The van der Waals surface area contributed by atoms with E-state index in [0.29, 0.717) is 23.4 Å². The van der Waals surface area contributed by atoms with Crippen molar-refractivity contribution in [3.05, 3.63) is 72.3 Å². The van der Waals surface area contributed by atoms with Crippen LogP contribution in [-0.2, 0) is 17.5 Å². The van der Waals surface area contributed by atoms with Crippen LogP contribution in [0, 0.1) is 0 Å². The predicted octanol–water partition coefficient (Wildman–Crippen LogP) is 4.90. The van der Waals surface area contributed by atoms with Gasteiger partial charge in [0, 0.05) is 17.1 Å². The van der Waals surface area contributed by atoms with Crippen molar-refractivity contribution >= 4 is 35.1 Å². The Kier molecular flexibility index (Phi) is 7.34. The molecule has 8 nitrogen and oxygen atoms in total. The molecular weight excluding hydrogens is 495 g/mol. The van der Waals surface area contributed by atoms with Crippen LogP contribution in [0.3, 0.4) is 0 Å². The minimum absolute atomic E-state index is 0.0444. The van der Waals surface area contributed by atoms with E-state index in [0.717, 1.165) is 11.6 Å². The number of aromatic nitrogens is 2. The number of hydrogen-bond acceptors (Lipinski definition) is 7. The molecule has 0 aliphatic heterocycles. The second-order valence-electron chi connectivity index (χ2n) is 8.08. The molecule has 0 radical (unpaired) electrons. The number of nitrogens with zero attached hydrogens (tertiary/aromatic N) is 2. The van der Waals surface area contributed by atoms with E-state index in [2.05, 4.69) is 25.9 Å². The summed E-state index contributed by atoms with van der Waals surface area (Å²) in [5.74, 6) is -0.197. The molecule has 12 heteroatoms. The number of nitrogens with one attached hydrogen (secondary N) is 3. The maximum absolute atomic E-state index is 13.5. The van der Waals surface area contributed by atoms with Gasteiger partial charge in [0.2, 0.25) is 5.91 Å². The molecule has 0 atom stereocenters. The van der Waals surface area contributed by atoms with Crippen LogP contribution in [0.4, 0.5) is 29.3 Å². The quantitative estimate of drug-likeness (QED) is 0.365. The van der Waals surface area contributed by atoms with Crippen LogP contribution in [0.1, 0.15) is 24.0 Å². The van der Waals surface area contributed by atoms with Crippen LogP contribution >= 0.6 is 11.8 Å². The Morgan fingerprint density at radius 2 is 1.78 bits per heavy atom. The molecule has 1 heterocycles. The van der Waals surface area contributed by atoms with Gasteiger partial charge in [0.1, 0.15) is 11.9 Å². The number of hydrogen-bond donors (Lipinski definition) is 3. The summed E-state index contributed by atoms with van der Waals surface area (Å²) in [5, 5.41) is 8.17. The molecule has 1 saturated carbocycles. The van der Waals surface area contributed by atoms with Gasteiger partial charge in [0.25, 0.3) is 0 Å². The fourth-order valence-corrected chi connectivity index (χ4v) is 3.85. The number of thioether (sulfide) groups is 1. The van der Waals surface area contributed by atoms with Gasteiger partial charge < -0.3 is 20.7 Å². The third-order valence-corrected chi connectivity index (χ3v) is 6.22. The number of carbonyl (C=O) groups excluding carboxylic acids is 2. The molecule has 3 N–H and O–H groups in total. The smallest absolute Gasteiger partial charge is 0.407 e. The Hall–Kier alpha value is -3.80. The molecule has 1 fully saturated rings. The summed E-state index contributed by atoms with van der Waals surface area (Å²) in [7, 11) is 0. The van der Waals surface area contributed by atoms with Crippen molar-refractivity contribution in [2.75, 3.05) is 11.6 Å². The van der Waals surface area contributed by atoms with Crippen molar-refractivity contribution in [1.29, 1.82) is 0 Å². The number of anilines is 2. The van der Waals surface area contributed by atoms with E-state index in [1.807, 2.05) is 0 Å². The first kappa shape index (κ1) is 25.3. The largest absolute Gasteiger partial charge is 0.418 e. The molecule has 2 aromatic carbocycles. The number of carbonyl (C=O) groups is 2. The lowest BCUT2D eigenvalue weighted by Gasteiger charge is -2.17. The summed E-state index contributed by atoms with van der Waals surface area (Å²) in [6, 6.07) is 10.8. The number of amides is 2. The van der Waals surface area contributed by atoms with Gasteiger partial charge in [-0.3, -0.25) is 4.79 Å². The van der Waals surface area contributed by atoms with E-state index in [9.17, 15) is 22.8 Å². The van der Waals surface area contributed by atoms with E-state index >= 15 is 0 Å².